The lowest BCUT2D eigenvalue weighted by Gasteiger charge is -2.20. The van der Waals surface area contributed by atoms with Crippen LogP contribution in [0, 0.1) is 0 Å². The lowest BCUT2D eigenvalue weighted by atomic mass is 10.1. The monoisotopic (exact) mass is 456 g/mol. The van der Waals surface area contributed by atoms with Crippen LogP contribution < -0.4 is 24.3 Å². The number of benzene rings is 2. The van der Waals surface area contributed by atoms with E-state index in [1.165, 1.54) is 10.5 Å². The van der Waals surface area contributed by atoms with Crippen LogP contribution >= 0.6 is 0 Å². The fourth-order valence-corrected chi connectivity index (χ4v) is 3.88. The highest BCUT2D eigenvalue weighted by atomic mass is 16.5. The zero-order valence-electron chi connectivity index (χ0n) is 20.6. The molecule has 2 aromatic carbocycles. The topological polar surface area (TPSA) is 69.3 Å². The van der Waals surface area contributed by atoms with Gasteiger partial charge in [-0.05, 0) is 57.5 Å². The molecule has 33 heavy (non-hydrogen) atoms. The summed E-state index contributed by atoms with van der Waals surface area (Å²) in [4.78, 5) is 13.7. The molecule has 1 aliphatic heterocycles. The molecule has 0 fully saturated rings. The Morgan fingerprint density at radius 1 is 1.09 bits per heavy atom. The predicted molar refractivity (Wildman–Crippen MR) is 128 cm³/mol. The number of fused-ring (bicyclic) bond motifs is 1. The van der Waals surface area contributed by atoms with E-state index in [0.29, 0.717) is 37.8 Å². The molecule has 0 bridgehead atoms. The number of hydrogen-bond acceptors (Lipinski definition) is 6. The van der Waals surface area contributed by atoms with Gasteiger partial charge in [0.05, 0.1) is 13.2 Å². The molecule has 1 amide bonds. The summed E-state index contributed by atoms with van der Waals surface area (Å²) in [5, 5.41) is 3.49. The average Bonchev–Trinajstić information content (AvgIpc) is 3.14. The minimum Gasteiger partial charge on any atom is -0.494 e. The molecule has 0 unspecified atom stereocenters. The molecule has 3 rings (SSSR count). The molecular formula is C26H36N2O5. The van der Waals surface area contributed by atoms with Crippen molar-refractivity contribution in [1.29, 1.82) is 0 Å². The van der Waals surface area contributed by atoms with Crippen LogP contribution in [-0.4, -0.2) is 50.3 Å². The molecule has 7 nitrogen and oxygen atoms in total. The molecule has 2 aromatic rings. The third-order valence-electron chi connectivity index (χ3n) is 5.42. The summed E-state index contributed by atoms with van der Waals surface area (Å²) < 4.78 is 23.5. The fourth-order valence-electron chi connectivity index (χ4n) is 3.88. The van der Waals surface area contributed by atoms with E-state index in [1.807, 2.05) is 32.0 Å². The van der Waals surface area contributed by atoms with Gasteiger partial charge in [0.25, 0.3) is 5.91 Å². The molecule has 1 heterocycles. The highest BCUT2D eigenvalue weighted by Crippen LogP contribution is 2.35. The lowest BCUT2D eigenvalue weighted by Crippen LogP contribution is -2.35. The van der Waals surface area contributed by atoms with E-state index in [9.17, 15) is 4.79 Å². The summed E-state index contributed by atoms with van der Waals surface area (Å²) in [5.41, 5.74) is 3.33. The number of ether oxygens (including phenoxy) is 4. The first-order valence-corrected chi connectivity index (χ1v) is 11.6. The summed E-state index contributed by atoms with van der Waals surface area (Å²) in [6.45, 7) is 10.2. The van der Waals surface area contributed by atoms with Crippen molar-refractivity contribution in [2.45, 2.75) is 59.4 Å². The minimum atomic E-state index is -0.593. The summed E-state index contributed by atoms with van der Waals surface area (Å²) in [7, 11) is 3.43. The van der Waals surface area contributed by atoms with E-state index in [-0.39, 0.29) is 12.0 Å². The van der Waals surface area contributed by atoms with Crippen LogP contribution in [0.2, 0.25) is 0 Å². The number of rotatable bonds is 11. The standard InChI is InChI=1S/C26H36N2O5/c1-7-30-23-13-20-11-17(3)32-24(20)14-21(23)16-27-15-19-9-10-22(25(12-19)31-8-2)33-18(4)26(29)28(5)6/h9-10,12-14,17-18,27H,7-8,11,15-16H2,1-6H3/t17-,18-/m1/s1. The van der Waals surface area contributed by atoms with Crippen LogP contribution in [0.1, 0.15) is 44.4 Å². The lowest BCUT2D eigenvalue weighted by molar-refractivity contribution is -0.135. The first-order chi connectivity index (χ1) is 15.8. The summed E-state index contributed by atoms with van der Waals surface area (Å²) >= 11 is 0. The smallest absolute Gasteiger partial charge is 0.262 e. The zero-order chi connectivity index (χ0) is 24.0. The van der Waals surface area contributed by atoms with Gasteiger partial charge in [-0.15, -0.1) is 0 Å². The second-order valence-corrected chi connectivity index (χ2v) is 8.44. The van der Waals surface area contributed by atoms with E-state index in [0.717, 1.165) is 29.0 Å². The van der Waals surface area contributed by atoms with Crippen molar-refractivity contribution in [3.05, 3.63) is 47.0 Å². The third-order valence-corrected chi connectivity index (χ3v) is 5.42. The maximum atomic E-state index is 12.2. The van der Waals surface area contributed by atoms with Crippen molar-refractivity contribution in [3.8, 4) is 23.0 Å². The van der Waals surface area contributed by atoms with Gasteiger partial charge in [0.2, 0.25) is 0 Å². The van der Waals surface area contributed by atoms with Crippen LogP contribution in [0.5, 0.6) is 23.0 Å². The molecule has 0 spiro atoms. The Kier molecular flexibility index (Phi) is 8.44. The first-order valence-electron chi connectivity index (χ1n) is 11.6. The molecule has 1 N–H and O–H groups in total. The third kappa shape index (κ3) is 6.32. The molecular weight excluding hydrogens is 420 g/mol. The Morgan fingerprint density at radius 3 is 2.52 bits per heavy atom. The van der Waals surface area contributed by atoms with Crippen LogP contribution in [0.25, 0.3) is 0 Å². The number of nitrogens with zero attached hydrogens (tertiary/aromatic N) is 1. The van der Waals surface area contributed by atoms with Gasteiger partial charge in [-0.25, -0.2) is 0 Å². The van der Waals surface area contributed by atoms with Crippen LogP contribution in [0.15, 0.2) is 30.3 Å². The van der Waals surface area contributed by atoms with Crippen molar-refractivity contribution in [1.82, 2.24) is 10.2 Å². The second-order valence-electron chi connectivity index (χ2n) is 8.44. The summed E-state index contributed by atoms with van der Waals surface area (Å²) in [6, 6.07) is 9.99. The molecule has 2 atom stereocenters. The Morgan fingerprint density at radius 2 is 1.82 bits per heavy atom. The molecule has 0 saturated carbocycles. The van der Waals surface area contributed by atoms with Crippen molar-refractivity contribution in [3.63, 3.8) is 0 Å². The zero-order valence-corrected chi connectivity index (χ0v) is 20.6. The van der Waals surface area contributed by atoms with Gasteiger partial charge in [0.15, 0.2) is 17.6 Å². The molecule has 0 saturated heterocycles. The minimum absolute atomic E-state index is 0.0963. The number of nitrogens with one attached hydrogen (secondary N) is 1. The SMILES string of the molecule is CCOc1cc2c(cc1CNCc1ccc(O[C@H](C)C(=O)N(C)C)c(OCC)c1)O[C@H](C)C2. The molecule has 0 aliphatic carbocycles. The second kappa shape index (κ2) is 11.3. The number of carbonyl (C=O) groups is 1. The molecule has 0 aromatic heterocycles. The number of likely N-dealkylation sites (N-methyl/N-ethyl adjacent to an activating group) is 1. The fraction of sp³-hybridized carbons (Fsp3) is 0.500. The average molecular weight is 457 g/mol. The van der Waals surface area contributed by atoms with Gasteiger partial charge in [-0.2, -0.15) is 0 Å². The molecule has 1 aliphatic rings. The van der Waals surface area contributed by atoms with E-state index in [4.69, 9.17) is 18.9 Å². The maximum absolute atomic E-state index is 12.2. The van der Waals surface area contributed by atoms with E-state index in [1.54, 1.807) is 21.0 Å². The Hall–Kier alpha value is -2.93. The van der Waals surface area contributed by atoms with Crippen molar-refractivity contribution < 1.29 is 23.7 Å². The largest absolute Gasteiger partial charge is 0.494 e. The highest BCUT2D eigenvalue weighted by molar-refractivity contribution is 5.80. The summed E-state index contributed by atoms with van der Waals surface area (Å²) in [5.74, 6) is 2.95. The van der Waals surface area contributed by atoms with Crippen LogP contribution in [0.4, 0.5) is 0 Å². The Bertz CT molecular complexity index is 960. The first kappa shape index (κ1) is 24.7. The normalized spacial score (nSPS) is 15.4. The Balaban J connectivity index is 1.67. The van der Waals surface area contributed by atoms with Crippen molar-refractivity contribution >= 4 is 5.91 Å². The van der Waals surface area contributed by atoms with Crippen molar-refractivity contribution in [2.24, 2.45) is 0 Å². The Labute approximate surface area is 197 Å². The van der Waals surface area contributed by atoms with E-state index >= 15 is 0 Å². The van der Waals surface area contributed by atoms with E-state index < -0.39 is 6.10 Å². The molecule has 7 heteroatoms. The van der Waals surface area contributed by atoms with Gasteiger partial charge < -0.3 is 29.2 Å². The van der Waals surface area contributed by atoms with Crippen LogP contribution in [0.3, 0.4) is 0 Å². The molecule has 180 valence electrons. The van der Waals surface area contributed by atoms with Gasteiger partial charge in [-0.3, -0.25) is 4.79 Å². The van der Waals surface area contributed by atoms with E-state index in [2.05, 4.69) is 24.4 Å². The molecule has 0 radical (unpaired) electrons. The van der Waals surface area contributed by atoms with Crippen LogP contribution in [-0.2, 0) is 24.3 Å². The van der Waals surface area contributed by atoms with Gasteiger partial charge in [0, 0.05) is 44.7 Å². The number of carbonyl (C=O) groups excluding carboxylic acids is 1. The quantitative estimate of drug-likeness (QED) is 0.552. The van der Waals surface area contributed by atoms with Gasteiger partial charge in [0.1, 0.15) is 17.6 Å². The highest BCUT2D eigenvalue weighted by Gasteiger charge is 2.22. The van der Waals surface area contributed by atoms with Gasteiger partial charge >= 0.3 is 0 Å². The number of hydrogen-bond donors (Lipinski definition) is 1. The maximum Gasteiger partial charge on any atom is 0.262 e. The van der Waals surface area contributed by atoms with Crippen molar-refractivity contribution in [2.75, 3.05) is 27.3 Å². The van der Waals surface area contributed by atoms with Gasteiger partial charge in [-0.1, -0.05) is 6.07 Å². The summed E-state index contributed by atoms with van der Waals surface area (Å²) in [6.07, 6.45) is 0.521. The predicted octanol–water partition coefficient (Wildman–Crippen LogP) is 3.95. The number of amides is 1.